The number of carbonyl (C=O) groups excluding carboxylic acids is 1. The van der Waals surface area contributed by atoms with Gasteiger partial charge in [-0.3, -0.25) is 4.72 Å². The van der Waals surface area contributed by atoms with Crippen molar-refractivity contribution in [2.75, 3.05) is 17.6 Å². The van der Waals surface area contributed by atoms with Crippen LogP contribution in [0.3, 0.4) is 0 Å². The standard InChI is InChI=1S/C30H34N2O6S/c1-7-36-30(33)29-28(31-39(6,34)35)26-18-22(21-8-13-24(14-9-21)37-19(2)3)10-17-27(26)32(29)23-11-15-25(16-12-23)38-20(4)5/h8-20,31H,7H2,1-6H3. The molecule has 39 heavy (non-hydrogen) atoms. The number of nitrogens with one attached hydrogen (secondary N) is 1. The molecule has 0 spiro atoms. The maximum Gasteiger partial charge on any atom is 0.357 e. The molecule has 0 aliphatic heterocycles. The minimum absolute atomic E-state index is 0.00772. The van der Waals surface area contributed by atoms with E-state index in [0.29, 0.717) is 22.3 Å². The van der Waals surface area contributed by atoms with E-state index in [1.165, 1.54) is 0 Å². The molecule has 0 bridgehead atoms. The number of sulfonamides is 1. The maximum atomic E-state index is 13.3. The molecule has 0 atom stereocenters. The molecule has 1 aromatic heterocycles. The van der Waals surface area contributed by atoms with Crippen molar-refractivity contribution < 1.29 is 27.4 Å². The summed E-state index contributed by atoms with van der Waals surface area (Å²) in [5, 5.41) is 0.561. The van der Waals surface area contributed by atoms with Gasteiger partial charge in [0.2, 0.25) is 10.0 Å². The average Bonchev–Trinajstić information content (AvgIpc) is 3.16. The molecule has 3 aromatic carbocycles. The summed E-state index contributed by atoms with van der Waals surface area (Å²) in [7, 11) is -3.73. The second-order valence-electron chi connectivity index (χ2n) is 9.74. The van der Waals surface area contributed by atoms with Gasteiger partial charge in [-0.1, -0.05) is 18.2 Å². The van der Waals surface area contributed by atoms with Crippen molar-refractivity contribution in [2.24, 2.45) is 0 Å². The lowest BCUT2D eigenvalue weighted by atomic mass is 10.0. The summed E-state index contributed by atoms with van der Waals surface area (Å²) in [6.07, 6.45) is 1.12. The Hall–Kier alpha value is -3.98. The van der Waals surface area contributed by atoms with Crippen LogP contribution in [0, 0.1) is 0 Å². The van der Waals surface area contributed by atoms with E-state index in [1.807, 2.05) is 94.4 Å². The molecule has 0 saturated carbocycles. The molecule has 0 amide bonds. The zero-order chi connectivity index (χ0) is 28.3. The number of anilines is 1. The van der Waals surface area contributed by atoms with Gasteiger partial charge in [0.15, 0.2) is 5.69 Å². The third-order valence-electron chi connectivity index (χ3n) is 5.75. The van der Waals surface area contributed by atoms with Gasteiger partial charge in [-0.05, 0) is 94.3 Å². The fourth-order valence-electron chi connectivity index (χ4n) is 4.36. The molecule has 1 N–H and O–H groups in total. The molecule has 0 unspecified atom stereocenters. The number of hydrogen-bond acceptors (Lipinski definition) is 6. The van der Waals surface area contributed by atoms with Crippen molar-refractivity contribution in [1.29, 1.82) is 0 Å². The molecule has 1 heterocycles. The first-order chi connectivity index (χ1) is 18.5. The van der Waals surface area contributed by atoms with Crippen LogP contribution >= 0.6 is 0 Å². The van der Waals surface area contributed by atoms with Crippen molar-refractivity contribution in [1.82, 2.24) is 4.57 Å². The second-order valence-corrected chi connectivity index (χ2v) is 11.5. The Morgan fingerprint density at radius 1 is 0.846 bits per heavy atom. The van der Waals surface area contributed by atoms with E-state index < -0.39 is 16.0 Å². The normalized spacial score (nSPS) is 11.7. The highest BCUT2D eigenvalue weighted by atomic mass is 32.2. The van der Waals surface area contributed by atoms with Crippen molar-refractivity contribution in [2.45, 2.75) is 46.8 Å². The van der Waals surface area contributed by atoms with Gasteiger partial charge in [-0.25, -0.2) is 13.2 Å². The molecule has 0 saturated heterocycles. The fraction of sp³-hybridized carbons (Fsp3) is 0.300. The SMILES string of the molecule is CCOC(=O)c1c(NS(C)(=O)=O)c2cc(-c3ccc(OC(C)C)cc3)ccc2n1-c1ccc(OC(C)C)cc1. The van der Waals surface area contributed by atoms with Crippen LogP contribution in [0.5, 0.6) is 11.5 Å². The summed E-state index contributed by atoms with van der Waals surface area (Å²) in [6, 6.07) is 20.6. The first-order valence-corrected chi connectivity index (χ1v) is 14.7. The van der Waals surface area contributed by atoms with Crippen LogP contribution in [0.15, 0.2) is 66.7 Å². The molecule has 0 aliphatic carbocycles. The predicted molar refractivity (Wildman–Crippen MR) is 155 cm³/mol. The monoisotopic (exact) mass is 550 g/mol. The number of nitrogens with zero attached hydrogens (tertiary/aromatic N) is 1. The molecule has 8 nitrogen and oxygen atoms in total. The number of ether oxygens (including phenoxy) is 3. The summed E-state index contributed by atoms with van der Waals surface area (Å²) in [5.41, 5.74) is 3.32. The van der Waals surface area contributed by atoms with Crippen LogP contribution < -0.4 is 14.2 Å². The molecule has 4 rings (SSSR count). The number of rotatable bonds is 10. The molecule has 9 heteroatoms. The Morgan fingerprint density at radius 2 is 1.38 bits per heavy atom. The van der Waals surface area contributed by atoms with Crippen LogP contribution in [0.4, 0.5) is 5.69 Å². The molecular weight excluding hydrogens is 516 g/mol. The molecule has 0 fully saturated rings. The van der Waals surface area contributed by atoms with E-state index in [4.69, 9.17) is 14.2 Å². The highest BCUT2D eigenvalue weighted by Gasteiger charge is 2.27. The minimum Gasteiger partial charge on any atom is -0.491 e. The Balaban J connectivity index is 1.94. The van der Waals surface area contributed by atoms with E-state index in [0.717, 1.165) is 23.1 Å². The molecule has 0 radical (unpaired) electrons. The minimum atomic E-state index is -3.73. The van der Waals surface area contributed by atoms with Gasteiger partial charge in [0, 0.05) is 11.1 Å². The summed E-state index contributed by atoms with van der Waals surface area (Å²) in [5.74, 6) is 0.804. The lowest BCUT2D eigenvalue weighted by molar-refractivity contribution is 0.0519. The third-order valence-corrected chi connectivity index (χ3v) is 6.32. The Labute approximate surface area is 229 Å². The smallest absolute Gasteiger partial charge is 0.357 e. The van der Waals surface area contributed by atoms with E-state index in [2.05, 4.69) is 4.72 Å². The molecule has 0 aliphatic rings. The molecular formula is C30H34N2O6S. The number of hydrogen-bond donors (Lipinski definition) is 1. The summed E-state index contributed by atoms with van der Waals surface area (Å²) < 4.78 is 46.1. The van der Waals surface area contributed by atoms with Crippen molar-refractivity contribution in [3.8, 4) is 28.3 Å². The number of esters is 1. The van der Waals surface area contributed by atoms with Crippen molar-refractivity contribution in [3.05, 3.63) is 72.4 Å². The maximum absolute atomic E-state index is 13.3. The third kappa shape index (κ3) is 6.54. The van der Waals surface area contributed by atoms with Gasteiger partial charge in [0.25, 0.3) is 0 Å². The number of fused-ring (bicyclic) bond motifs is 1. The van der Waals surface area contributed by atoms with E-state index in [9.17, 15) is 13.2 Å². The van der Waals surface area contributed by atoms with E-state index in [1.54, 1.807) is 11.5 Å². The van der Waals surface area contributed by atoms with E-state index in [-0.39, 0.29) is 30.2 Å². The Morgan fingerprint density at radius 3 is 1.90 bits per heavy atom. The highest BCUT2D eigenvalue weighted by molar-refractivity contribution is 7.92. The summed E-state index contributed by atoms with van der Waals surface area (Å²) in [4.78, 5) is 13.3. The van der Waals surface area contributed by atoms with Crippen molar-refractivity contribution in [3.63, 3.8) is 0 Å². The quantitative estimate of drug-likeness (QED) is 0.229. The van der Waals surface area contributed by atoms with Gasteiger partial charge in [0.1, 0.15) is 11.5 Å². The van der Waals surface area contributed by atoms with Crippen LogP contribution in [0.25, 0.3) is 27.7 Å². The fourth-order valence-corrected chi connectivity index (χ4v) is 4.94. The second kappa shape index (κ2) is 11.4. The van der Waals surface area contributed by atoms with Gasteiger partial charge in [-0.15, -0.1) is 0 Å². The van der Waals surface area contributed by atoms with Crippen molar-refractivity contribution >= 4 is 32.6 Å². The first-order valence-electron chi connectivity index (χ1n) is 12.8. The number of benzene rings is 3. The van der Waals surface area contributed by atoms with Crippen LogP contribution in [0.1, 0.15) is 45.1 Å². The summed E-state index contributed by atoms with van der Waals surface area (Å²) >= 11 is 0. The van der Waals surface area contributed by atoms with Gasteiger partial charge in [-0.2, -0.15) is 0 Å². The van der Waals surface area contributed by atoms with Gasteiger partial charge < -0.3 is 18.8 Å². The van der Waals surface area contributed by atoms with Crippen LogP contribution in [-0.4, -0.2) is 44.0 Å². The number of carbonyl (C=O) groups is 1. The lowest BCUT2D eigenvalue weighted by Gasteiger charge is -2.14. The average molecular weight is 551 g/mol. The highest BCUT2D eigenvalue weighted by Crippen LogP contribution is 2.38. The van der Waals surface area contributed by atoms with Gasteiger partial charge in [0.05, 0.1) is 36.3 Å². The summed E-state index contributed by atoms with van der Waals surface area (Å²) in [6.45, 7) is 9.66. The largest absolute Gasteiger partial charge is 0.491 e. The zero-order valence-electron chi connectivity index (χ0n) is 23.0. The molecule has 206 valence electrons. The number of aromatic nitrogens is 1. The van der Waals surface area contributed by atoms with Crippen LogP contribution in [-0.2, 0) is 14.8 Å². The first kappa shape index (κ1) is 28.0. The Bertz CT molecular complexity index is 1570. The zero-order valence-corrected chi connectivity index (χ0v) is 23.8. The predicted octanol–water partition coefficient (Wildman–Crippen LogP) is 6.42. The molecule has 4 aromatic rings. The van der Waals surface area contributed by atoms with Gasteiger partial charge >= 0.3 is 5.97 Å². The Kier molecular flexibility index (Phi) is 8.20. The van der Waals surface area contributed by atoms with E-state index >= 15 is 0 Å². The van der Waals surface area contributed by atoms with Crippen LogP contribution in [0.2, 0.25) is 0 Å². The topological polar surface area (TPSA) is 95.9 Å². The lowest BCUT2D eigenvalue weighted by Crippen LogP contribution is -2.16.